The lowest BCUT2D eigenvalue weighted by Crippen LogP contribution is -1.98. The predicted molar refractivity (Wildman–Crippen MR) is 290 cm³/mol. The molecule has 0 fully saturated rings. The summed E-state index contributed by atoms with van der Waals surface area (Å²) in [5, 5.41) is 6.12. The van der Waals surface area contributed by atoms with Crippen LogP contribution in [0.2, 0.25) is 0 Å². The minimum Gasteiger partial charge on any atom is -0.456 e. The fraction of sp³-hybridized carbons (Fsp3) is 0.111. The summed E-state index contributed by atoms with van der Waals surface area (Å²) < 4.78 is 10.8. The van der Waals surface area contributed by atoms with Crippen LogP contribution in [0.15, 0.2) is 224 Å². The first-order valence-electron chi connectivity index (χ1n) is 23.2. The number of benzene rings is 8. The molecule has 3 aromatic heterocycles. The minimum absolute atomic E-state index is 0.526. The molecule has 332 valence electrons. The van der Waals surface area contributed by atoms with Crippen LogP contribution in [0.25, 0.3) is 83.2 Å². The van der Waals surface area contributed by atoms with Gasteiger partial charge < -0.3 is 19.3 Å². The third-order valence-corrected chi connectivity index (χ3v) is 12.3. The van der Waals surface area contributed by atoms with Gasteiger partial charge in [0.25, 0.3) is 0 Å². The van der Waals surface area contributed by atoms with Crippen LogP contribution < -0.4 is 5.73 Å². The maximum absolute atomic E-state index is 6.00. The largest absolute Gasteiger partial charge is 0.456 e. The van der Waals surface area contributed by atoms with Gasteiger partial charge in [0.1, 0.15) is 11.2 Å². The standard InChI is InChI=1S/C35H32N2.C19H15NO.C7H8.C2H4/c1-4-6-14-26-15-13-18-28(22-26)37-32(20-7-5-2)25(3)30-23-35-31(24-34(30)37)29-19-11-12-21-33(29)36(35)27-16-9-8-10-17-27;20-12-13-9-10-16-18(11-13)21-17-8-4-7-15(19(16)17)14-5-2-1-3-6-14;1-7-5-3-2-4-6-7;1-2/h5,7-13,15-24H,2,4,6,14H2,1,3H3;1-11H,12,20H2;2-6H,1H3;1-2H2/b20-7-;;;. The van der Waals surface area contributed by atoms with Crippen molar-refractivity contribution in [2.75, 3.05) is 0 Å². The van der Waals surface area contributed by atoms with Gasteiger partial charge in [-0.2, -0.15) is 0 Å². The first-order chi connectivity index (χ1) is 33.0. The van der Waals surface area contributed by atoms with Crippen LogP contribution in [-0.2, 0) is 13.0 Å². The van der Waals surface area contributed by atoms with Crippen molar-refractivity contribution in [3.8, 4) is 22.5 Å². The summed E-state index contributed by atoms with van der Waals surface area (Å²) in [5.41, 5.74) is 22.3. The zero-order valence-corrected chi connectivity index (χ0v) is 39.0. The van der Waals surface area contributed by atoms with E-state index in [4.69, 9.17) is 10.2 Å². The van der Waals surface area contributed by atoms with E-state index in [0.29, 0.717) is 6.54 Å². The molecule has 0 radical (unpaired) electrons. The van der Waals surface area contributed by atoms with Crippen molar-refractivity contribution < 1.29 is 4.42 Å². The third kappa shape index (κ3) is 9.58. The van der Waals surface area contributed by atoms with E-state index in [-0.39, 0.29) is 0 Å². The highest BCUT2D eigenvalue weighted by Gasteiger charge is 2.19. The Hall–Kier alpha value is -7.92. The number of nitrogens with zero attached hydrogens (tertiary/aromatic N) is 2. The van der Waals surface area contributed by atoms with Crippen LogP contribution in [-0.4, -0.2) is 9.13 Å². The molecule has 0 amide bonds. The molecule has 0 unspecified atom stereocenters. The molecule has 8 aromatic carbocycles. The van der Waals surface area contributed by atoms with Crippen molar-refractivity contribution in [1.82, 2.24) is 9.13 Å². The van der Waals surface area contributed by atoms with Gasteiger partial charge in [-0.05, 0) is 115 Å². The molecule has 0 aliphatic rings. The summed E-state index contributed by atoms with van der Waals surface area (Å²) in [4.78, 5) is 0. The molecule has 11 aromatic rings. The second-order valence-electron chi connectivity index (χ2n) is 16.6. The molecule has 0 atom stereocenters. The highest BCUT2D eigenvalue weighted by atomic mass is 16.3. The Balaban J connectivity index is 0.000000169. The predicted octanol–water partition coefficient (Wildman–Crippen LogP) is 17.1. The molecule has 0 saturated carbocycles. The summed E-state index contributed by atoms with van der Waals surface area (Å²) in [5.74, 6) is 0. The summed E-state index contributed by atoms with van der Waals surface area (Å²) in [6, 6.07) is 66.3. The minimum atomic E-state index is 0.526. The zero-order valence-electron chi connectivity index (χ0n) is 39.0. The van der Waals surface area contributed by atoms with Crippen LogP contribution >= 0.6 is 0 Å². The Morgan fingerprint density at radius 2 is 1.21 bits per heavy atom. The van der Waals surface area contributed by atoms with Crippen molar-refractivity contribution in [2.24, 2.45) is 5.73 Å². The van der Waals surface area contributed by atoms with Crippen molar-refractivity contribution in [3.05, 3.63) is 248 Å². The summed E-state index contributed by atoms with van der Waals surface area (Å²) in [7, 11) is 0. The van der Waals surface area contributed by atoms with Gasteiger partial charge in [0, 0.05) is 50.5 Å². The molecule has 67 heavy (non-hydrogen) atoms. The lowest BCUT2D eigenvalue weighted by atomic mass is 9.99. The number of aryl methyl sites for hydroxylation is 3. The normalized spacial score (nSPS) is 11.0. The number of hydrogen-bond acceptors (Lipinski definition) is 2. The average Bonchev–Trinajstić information content (AvgIpc) is 4.02. The SMILES string of the molecule is C=C.C=C/C=C\c1c(C)c2cc3c(cc2n1-c1cccc(CCCC)c1)c1ccccc1n3-c1ccccc1.Cc1ccccc1.NCc1ccc2c(c1)oc1cccc(-c3ccccc3)c12. The van der Waals surface area contributed by atoms with Gasteiger partial charge in [0.2, 0.25) is 0 Å². The van der Waals surface area contributed by atoms with Gasteiger partial charge in [0.05, 0.1) is 16.6 Å². The monoisotopic (exact) mass is 873 g/mol. The molecule has 4 nitrogen and oxygen atoms in total. The Labute approximate surface area is 395 Å². The van der Waals surface area contributed by atoms with E-state index in [1.807, 2.05) is 54.6 Å². The summed E-state index contributed by atoms with van der Waals surface area (Å²) in [6.07, 6.45) is 9.60. The first kappa shape index (κ1) is 45.6. The third-order valence-electron chi connectivity index (χ3n) is 12.3. The highest BCUT2D eigenvalue weighted by molar-refractivity contribution is 6.14. The quantitative estimate of drug-likeness (QED) is 0.116. The van der Waals surface area contributed by atoms with E-state index in [2.05, 4.69) is 201 Å². The maximum atomic E-state index is 6.00. The van der Waals surface area contributed by atoms with Crippen molar-refractivity contribution in [2.45, 2.75) is 46.6 Å². The second kappa shape index (κ2) is 21.4. The lowest BCUT2D eigenvalue weighted by molar-refractivity contribution is 0.668. The fourth-order valence-corrected chi connectivity index (χ4v) is 9.04. The number of hydrogen-bond donors (Lipinski definition) is 1. The molecule has 11 rings (SSSR count). The van der Waals surface area contributed by atoms with Crippen LogP contribution in [0, 0.1) is 13.8 Å². The lowest BCUT2D eigenvalue weighted by Gasteiger charge is -2.12. The number of unbranched alkanes of at least 4 members (excludes halogenated alkanes) is 1. The number of nitrogens with two attached hydrogens (primary N) is 1. The van der Waals surface area contributed by atoms with E-state index >= 15 is 0 Å². The molecule has 3 heterocycles. The molecule has 0 bridgehead atoms. The summed E-state index contributed by atoms with van der Waals surface area (Å²) >= 11 is 0. The zero-order chi connectivity index (χ0) is 46.7. The van der Waals surface area contributed by atoms with Crippen molar-refractivity contribution >= 4 is 60.7 Å². The Bertz CT molecular complexity index is 3440. The molecule has 4 heteroatoms. The number of rotatable bonds is 9. The van der Waals surface area contributed by atoms with Gasteiger partial charge >= 0.3 is 0 Å². The van der Waals surface area contributed by atoms with E-state index in [1.54, 1.807) is 0 Å². The molecule has 0 saturated heterocycles. The second-order valence-corrected chi connectivity index (χ2v) is 16.6. The van der Waals surface area contributed by atoms with Crippen molar-refractivity contribution in [1.29, 1.82) is 0 Å². The molecule has 0 aliphatic carbocycles. The molecular formula is C63H59N3O. The van der Waals surface area contributed by atoms with Crippen LogP contribution in [0.1, 0.15) is 47.7 Å². The van der Waals surface area contributed by atoms with E-state index < -0.39 is 0 Å². The highest BCUT2D eigenvalue weighted by Crippen LogP contribution is 2.40. The van der Waals surface area contributed by atoms with Gasteiger partial charge in [-0.25, -0.2) is 0 Å². The van der Waals surface area contributed by atoms with E-state index in [9.17, 15) is 0 Å². The van der Waals surface area contributed by atoms with E-state index in [1.165, 1.54) is 95.8 Å². The number of fused-ring (bicyclic) bond motifs is 7. The Morgan fingerprint density at radius 1 is 0.552 bits per heavy atom. The fourth-order valence-electron chi connectivity index (χ4n) is 9.04. The van der Waals surface area contributed by atoms with Crippen molar-refractivity contribution in [3.63, 3.8) is 0 Å². The van der Waals surface area contributed by atoms with Gasteiger partial charge in [-0.1, -0.05) is 171 Å². The number of allylic oxidation sites excluding steroid dienone is 2. The summed E-state index contributed by atoms with van der Waals surface area (Å²) in [6.45, 7) is 17.0. The molecular weight excluding hydrogens is 815 g/mol. The maximum Gasteiger partial charge on any atom is 0.136 e. The molecule has 0 spiro atoms. The van der Waals surface area contributed by atoms with Crippen LogP contribution in [0.4, 0.5) is 0 Å². The van der Waals surface area contributed by atoms with Gasteiger partial charge in [0.15, 0.2) is 0 Å². The number of aromatic nitrogens is 2. The van der Waals surface area contributed by atoms with Gasteiger partial charge in [-0.3, -0.25) is 0 Å². The first-order valence-corrected chi connectivity index (χ1v) is 23.2. The Kier molecular flexibility index (Phi) is 14.6. The van der Waals surface area contributed by atoms with Gasteiger partial charge in [-0.15, -0.1) is 13.2 Å². The smallest absolute Gasteiger partial charge is 0.136 e. The van der Waals surface area contributed by atoms with Crippen LogP contribution in [0.3, 0.4) is 0 Å². The number of furan rings is 1. The molecule has 2 N–H and O–H groups in total. The molecule has 0 aliphatic heterocycles. The average molecular weight is 874 g/mol. The number of para-hydroxylation sites is 2. The van der Waals surface area contributed by atoms with E-state index in [0.717, 1.165) is 28.5 Å². The topological polar surface area (TPSA) is 49.0 Å². The Morgan fingerprint density at radius 3 is 1.91 bits per heavy atom. The van der Waals surface area contributed by atoms with Crippen LogP contribution in [0.5, 0.6) is 0 Å².